The Balaban J connectivity index is 1.78. The fourth-order valence-corrected chi connectivity index (χ4v) is 3.86. The summed E-state index contributed by atoms with van der Waals surface area (Å²) in [6, 6.07) is 7.41. The summed E-state index contributed by atoms with van der Waals surface area (Å²) in [4.78, 5) is 12.9. The predicted molar refractivity (Wildman–Crippen MR) is 91.7 cm³/mol. The monoisotopic (exact) mass is 359 g/mol. The van der Waals surface area contributed by atoms with Gasteiger partial charge in [0.1, 0.15) is 0 Å². The molecule has 0 saturated carbocycles. The number of rotatable bonds is 7. The zero-order valence-corrected chi connectivity index (χ0v) is 14.5. The van der Waals surface area contributed by atoms with E-state index in [-0.39, 0.29) is 5.91 Å². The van der Waals surface area contributed by atoms with Crippen molar-refractivity contribution in [2.75, 3.05) is 16.8 Å². The van der Waals surface area contributed by atoms with E-state index in [1.165, 1.54) is 23.1 Å². The molecule has 0 spiro atoms. The van der Waals surface area contributed by atoms with Crippen LogP contribution < -0.4 is 5.32 Å². The number of amides is 1. The molecule has 1 amide bonds. The second-order valence-electron chi connectivity index (χ2n) is 4.01. The number of thioether (sulfide) groups is 2. The topological polar surface area (TPSA) is 54.9 Å². The van der Waals surface area contributed by atoms with E-state index in [0.717, 1.165) is 21.4 Å². The van der Waals surface area contributed by atoms with E-state index in [2.05, 4.69) is 22.4 Å². The number of hydrogen-bond donors (Lipinski definition) is 1. The first-order valence-electron chi connectivity index (χ1n) is 6.32. The van der Waals surface area contributed by atoms with Gasteiger partial charge in [-0.25, -0.2) is 0 Å². The molecule has 0 unspecified atom stereocenters. The minimum atomic E-state index is -0.0851. The van der Waals surface area contributed by atoms with Crippen LogP contribution in [0.4, 0.5) is 5.13 Å². The average Bonchev–Trinajstić information content (AvgIpc) is 2.92. The van der Waals surface area contributed by atoms with Crippen molar-refractivity contribution in [1.82, 2.24) is 10.2 Å². The van der Waals surface area contributed by atoms with Gasteiger partial charge in [0.05, 0.1) is 5.75 Å². The molecule has 0 saturated heterocycles. The number of nitrogens with one attached hydrogen (secondary N) is 1. The molecule has 8 heteroatoms. The van der Waals surface area contributed by atoms with Crippen molar-refractivity contribution in [3.05, 3.63) is 29.3 Å². The molecule has 1 heterocycles. The molecule has 21 heavy (non-hydrogen) atoms. The molecule has 2 rings (SSSR count). The van der Waals surface area contributed by atoms with Gasteiger partial charge in [0, 0.05) is 15.7 Å². The number of aromatic nitrogens is 2. The summed E-state index contributed by atoms with van der Waals surface area (Å²) in [6.45, 7) is 2.12. The lowest BCUT2D eigenvalue weighted by Gasteiger charge is -2.01. The van der Waals surface area contributed by atoms with Gasteiger partial charge < -0.3 is 0 Å². The second-order valence-corrected chi connectivity index (χ2v) is 7.82. The minimum Gasteiger partial charge on any atom is -0.300 e. The van der Waals surface area contributed by atoms with Crippen molar-refractivity contribution < 1.29 is 4.79 Å². The Labute approximate surface area is 141 Å². The third-order valence-corrected chi connectivity index (χ3v) is 5.71. The number of hydrogen-bond acceptors (Lipinski definition) is 6. The first-order valence-corrected chi connectivity index (χ1v) is 9.48. The van der Waals surface area contributed by atoms with Gasteiger partial charge in [-0.2, -0.15) is 0 Å². The van der Waals surface area contributed by atoms with Gasteiger partial charge >= 0.3 is 0 Å². The van der Waals surface area contributed by atoms with E-state index in [0.29, 0.717) is 15.9 Å². The third kappa shape index (κ3) is 5.86. The highest BCUT2D eigenvalue weighted by Gasteiger charge is 2.09. The van der Waals surface area contributed by atoms with Gasteiger partial charge in [0.15, 0.2) is 4.34 Å². The minimum absolute atomic E-state index is 0.0851. The van der Waals surface area contributed by atoms with E-state index < -0.39 is 0 Å². The summed E-state index contributed by atoms with van der Waals surface area (Å²) in [5, 5.41) is 12.0. The second kappa shape index (κ2) is 8.63. The predicted octanol–water partition coefficient (Wildman–Crippen LogP) is 4.42. The molecule has 4 nitrogen and oxygen atoms in total. The van der Waals surface area contributed by atoms with Crippen molar-refractivity contribution in [3.63, 3.8) is 0 Å². The van der Waals surface area contributed by atoms with Crippen LogP contribution in [-0.2, 0) is 4.79 Å². The van der Waals surface area contributed by atoms with Crippen LogP contribution >= 0.6 is 46.5 Å². The number of benzene rings is 1. The van der Waals surface area contributed by atoms with Crippen LogP contribution in [-0.4, -0.2) is 27.6 Å². The molecule has 0 atom stereocenters. The summed E-state index contributed by atoms with van der Waals surface area (Å²) in [5.41, 5.74) is 0. The lowest BCUT2D eigenvalue weighted by molar-refractivity contribution is -0.113. The maximum Gasteiger partial charge on any atom is 0.236 e. The van der Waals surface area contributed by atoms with Crippen LogP contribution in [0, 0.1) is 0 Å². The van der Waals surface area contributed by atoms with Gasteiger partial charge in [-0.05, 0) is 30.7 Å². The van der Waals surface area contributed by atoms with Crippen LogP contribution in [0.1, 0.15) is 13.3 Å². The molecular formula is C13H14ClN3OS3. The Hall–Kier alpha value is -0.760. The van der Waals surface area contributed by atoms with E-state index in [1.807, 2.05) is 24.3 Å². The molecule has 0 fully saturated rings. The van der Waals surface area contributed by atoms with Crippen molar-refractivity contribution in [3.8, 4) is 0 Å². The largest absolute Gasteiger partial charge is 0.300 e. The highest BCUT2D eigenvalue weighted by Crippen LogP contribution is 2.26. The van der Waals surface area contributed by atoms with Crippen LogP contribution in [0.5, 0.6) is 0 Å². The zero-order valence-electron chi connectivity index (χ0n) is 11.3. The smallest absolute Gasteiger partial charge is 0.236 e. The molecule has 0 bridgehead atoms. The quantitative estimate of drug-likeness (QED) is 0.585. The Morgan fingerprint density at radius 1 is 1.29 bits per heavy atom. The normalized spacial score (nSPS) is 10.6. The van der Waals surface area contributed by atoms with Crippen LogP contribution in [0.25, 0.3) is 0 Å². The van der Waals surface area contributed by atoms with Gasteiger partial charge in [-0.15, -0.1) is 22.0 Å². The number of anilines is 1. The molecular weight excluding hydrogens is 346 g/mol. The van der Waals surface area contributed by atoms with E-state index in [4.69, 9.17) is 11.6 Å². The fourth-order valence-electron chi connectivity index (χ4n) is 1.34. The average molecular weight is 360 g/mol. The molecule has 1 N–H and O–H groups in total. The van der Waals surface area contributed by atoms with Gasteiger partial charge in [-0.3, -0.25) is 10.1 Å². The Morgan fingerprint density at radius 2 is 2.05 bits per heavy atom. The maximum absolute atomic E-state index is 11.9. The first-order chi connectivity index (χ1) is 10.2. The highest BCUT2D eigenvalue weighted by atomic mass is 35.5. The summed E-state index contributed by atoms with van der Waals surface area (Å²) in [7, 11) is 0. The Kier molecular flexibility index (Phi) is 6.82. The number of carbonyl (C=O) groups excluding carboxylic acids is 1. The number of carbonyl (C=O) groups is 1. The molecule has 0 radical (unpaired) electrons. The van der Waals surface area contributed by atoms with E-state index in [9.17, 15) is 4.79 Å². The molecule has 1 aromatic heterocycles. The summed E-state index contributed by atoms with van der Waals surface area (Å²) in [6.07, 6.45) is 1.09. The van der Waals surface area contributed by atoms with Gasteiger partial charge in [-0.1, -0.05) is 41.6 Å². The Bertz CT molecular complexity index is 589. The standard InChI is InChI=1S/C13H14ClN3OS3/c1-2-7-19-13-17-16-12(21-13)15-11(18)8-20-10-5-3-9(14)4-6-10/h3-6H,2,7-8H2,1H3,(H,15,16,18). The summed E-state index contributed by atoms with van der Waals surface area (Å²) in [5.74, 6) is 1.26. The SMILES string of the molecule is CCCSc1nnc(NC(=O)CSc2ccc(Cl)cc2)s1. The lowest BCUT2D eigenvalue weighted by atomic mass is 10.4. The maximum atomic E-state index is 11.9. The summed E-state index contributed by atoms with van der Waals surface area (Å²) < 4.78 is 0.887. The number of halogens is 1. The van der Waals surface area contributed by atoms with Crippen molar-refractivity contribution in [2.45, 2.75) is 22.6 Å². The molecule has 0 aliphatic carbocycles. The van der Waals surface area contributed by atoms with Crippen LogP contribution in [0.15, 0.2) is 33.5 Å². The van der Waals surface area contributed by atoms with Crippen LogP contribution in [0.3, 0.4) is 0 Å². The molecule has 0 aliphatic heterocycles. The molecule has 1 aromatic carbocycles. The molecule has 2 aromatic rings. The van der Waals surface area contributed by atoms with Gasteiger partial charge in [0.25, 0.3) is 0 Å². The van der Waals surface area contributed by atoms with Crippen molar-refractivity contribution >= 4 is 57.5 Å². The summed E-state index contributed by atoms with van der Waals surface area (Å²) >= 11 is 10.3. The lowest BCUT2D eigenvalue weighted by Crippen LogP contribution is -2.13. The van der Waals surface area contributed by atoms with E-state index in [1.54, 1.807) is 11.8 Å². The first kappa shape index (κ1) is 16.6. The highest BCUT2D eigenvalue weighted by molar-refractivity contribution is 8.01. The fraction of sp³-hybridized carbons (Fsp3) is 0.308. The van der Waals surface area contributed by atoms with Crippen LogP contribution in [0.2, 0.25) is 5.02 Å². The zero-order chi connectivity index (χ0) is 15.1. The Morgan fingerprint density at radius 3 is 2.76 bits per heavy atom. The van der Waals surface area contributed by atoms with E-state index >= 15 is 0 Å². The van der Waals surface area contributed by atoms with Gasteiger partial charge in [0.2, 0.25) is 11.0 Å². The molecule has 112 valence electrons. The van der Waals surface area contributed by atoms with Crippen molar-refractivity contribution in [2.24, 2.45) is 0 Å². The number of nitrogens with zero attached hydrogens (tertiary/aromatic N) is 2. The third-order valence-electron chi connectivity index (χ3n) is 2.27. The molecule has 0 aliphatic rings. The van der Waals surface area contributed by atoms with Crippen molar-refractivity contribution in [1.29, 1.82) is 0 Å².